The molecule has 2 fully saturated rings. The molecule has 2 aliphatic heterocycles. The highest BCUT2D eigenvalue weighted by atomic mass is 16.6. The molecule has 0 spiro atoms. The summed E-state index contributed by atoms with van der Waals surface area (Å²) in [4.78, 5) is 6.54. The largest absolute Gasteiger partial charge is 0.419 e. The van der Waals surface area contributed by atoms with E-state index in [1.807, 2.05) is 48.5 Å². The molecule has 3 aromatic rings. The summed E-state index contributed by atoms with van der Waals surface area (Å²) < 4.78 is 18.1. The lowest BCUT2D eigenvalue weighted by Crippen LogP contribution is -2.31. The number of likely N-dealkylation sites (tertiary alicyclic amines) is 1. The Morgan fingerprint density at radius 2 is 1.69 bits per heavy atom. The highest BCUT2D eigenvalue weighted by Crippen LogP contribution is 2.23. The van der Waals surface area contributed by atoms with Gasteiger partial charge in [0, 0.05) is 24.8 Å². The number of benzene rings is 1. The van der Waals surface area contributed by atoms with Crippen LogP contribution in [0.25, 0.3) is 11.5 Å². The molecule has 0 unspecified atom stereocenters. The van der Waals surface area contributed by atoms with Crippen LogP contribution in [0.4, 0.5) is 5.82 Å². The van der Waals surface area contributed by atoms with Crippen LogP contribution in [0, 0.1) is 0 Å². The van der Waals surface area contributed by atoms with Crippen molar-refractivity contribution in [1.82, 2.24) is 20.1 Å². The van der Waals surface area contributed by atoms with Crippen LogP contribution >= 0.6 is 0 Å². The van der Waals surface area contributed by atoms with E-state index in [4.69, 9.17) is 13.9 Å². The number of aromatic nitrogens is 3. The number of nitrogens with one attached hydrogen (secondary N) is 1. The Kier molecular flexibility index (Phi) is 5.21. The van der Waals surface area contributed by atoms with Gasteiger partial charge in [0.25, 0.3) is 0 Å². The molecular weight excluding hydrogens is 370 g/mol. The Morgan fingerprint density at radius 1 is 0.931 bits per heavy atom. The zero-order valence-electron chi connectivity index (χ0n) is 16.0. The molecular formula is C21H23N5O3. The average Bonchev–Trinajstić information content (AvgIpc) is 3.34. The molecule has 1 N–H and O–H groups in total. The third-order valence-electron chi connectivity index (χ3n) is 5.18. The minimum atomic E-state index is 0.0436. The molecule has 1 aromatic carbocycles. The molecule has 0 saturated carbocycles. The van der Waals surface area contributed by atoms with Gasteiger partial charge in [-0.1, -0.05) is 24.3 Å². The molecule has 0 aliphatic carbocycles. The Bertz CT molecular complexity index is 904. The van der Waals surface area contributed by atoms with Crippen molar-refractivity contribution < 1.29 is 13.9 Å². The summed E-state index contributed by atoms with van der Waals surface area (Å²) in [7, 11) is 0. The molecule has 5 rings (SSSR count). The average molecular weight is 393 g/mol. The van der Waals surface area contributed by atoms with Crippen molar-refractivity contribution in [2.24, 2.45) is 0 Å². The van der Waals surface area contributed by atoms with Crippen molar-refractivity contribution in [3.8, 4) is 11.5 Å². The molecule has 0 radical (unpaired) electrons. The van der Waals surface area contributed by atoms with Crippen molar-refractivity contribution in [3.63, 3.8) is 0 Å². The van der Waals surface area contributed by atoms with Gasteiger partial charge >= 0.3 is 0 Å². The number of pyridine rings is 1. The fraction of sp³-hybridized carbons (Fsp3) is 0.381. The van der Waals surface area contributed by atoms with Gasteiger partial charge in [-0.2, -0.15) is 0 Å². The van der Waals surface area contributed by atoms with Gasteiger partial charge < -0.3 is 19.2 Å². The van der Waals surface area contributed by atoms with Crippen LogP contribution in [0.5, 0.6) is 0 Å². The molecule has 4 heterocycles. The number of nitrogens with zero attached hydrogens (tertiary/aromatic N) is 4. The second-order valence-electron chi connectivity index (χ2n) is 7.36. The van der Waals surface area contributed by atoms with E-state index in [9.17, 15) is 0 Å². The SMILES string of the molecule is c1ccc(-c2nnc(CN3C[C@@H]4OCC(Nc5ccccn5)CO[C@H]4C3)o2)cc1. The van der Waals surface area contributed by atoms with Gasteiger partial charge in [0.2, 0.25) is 11.8 Å². The Morgan fingerprint density at radius 3 is 2.41 bits per heavy atom. The minimum Gasteiger partial charge on any atom is -0.419 e. The second kappa shape index (κ2) is 8.28. The monoisotopic (exact) mass is 393 g/mol. The maximum Gasteiger partial charge on any atom is 0.247 e. The van der Waals surface area contributed by atoms with Gasteiger partial charge in [-0.3, -0.25) is 4.90 Å². The Labute approximate surface area is 168 Å². The lowest BCUT2D eigenvalue weighted by molar-refractivity contribution is -0.00461. The van der Waals surface area contributed by atoms with Crippen molar-refractivity contribution in [2.75, 3.05) is 31.6 Å². The summed E-state index contributed by atoms with van der Waals surface area (Å²) in [6.07, 6.45) is 1.86. The van der Waals surface area contributed by atoms with Gasteiger partial charge in [0.05, 0.1) is 38.0 Å². The molecule has 8 nitrogen and oxygen atoms in total. The molecule has 29 heavy (non-hydrogen) atoms. The first-order chi connectivity index (χ1) is 14.3. The first-order valence-electron chi connectivity index (χ1n) is 9.84. The number of rotatable bonds is 5. The van der Waals surface area contributed by atoms with Gasteiger partial charge in [-0.15, -0.1) is 10.2 Å². The van der Waals surface area contributed by atoms with Crippen molar-refractivity contribution in [3.05, 3.63) is 60.6 Å². The maximum absolute atomic E-state index is 6.13. The molecule has 0 amide bonds. The summed E-state index contributed by atoms with van der Waals surface area (Å²) in [6, 6.07) is 15.7. The smallest absolute Gasteiger partial charge is 0.247 e. The summed E-state index contributed by atoms with van der Waals surface area (Å²) >= 11 is 0. The molecule has 150 valence electrons. The molecule has 2 aliphatic rings. The van der Waals surface area contributed by atoms with Crippen LogP contribution in [-0.4, -0.2) is 64.6 Å². The molecule has 2 aromatic heterocycles. The predicted octanol–water partition coefficient (Wildman–Crippen LogP) is 2.21. The van der Waals surface area contributed by atoms with Crippen molar-refractivity contribution >= 4 is 5.82 Å². The van der Waals surface area contributed by atoms with Crippen LogP contribution < -0.4 is 5.32 Å². The topological polar surface area (TPSA) is 85.5 Å². The molecule has 0 bridgehead atoms. The van der Waals surface area contributed by atoms with Crippen LogP contribution in [-0.2, 0) is 16.0 Å². The Hall–Kier alpha value is -2.81. The minimum absolute atomic E-state index is 0.0436. The lowest BCUT2D eigenvalue weighted by Gasteiger charge is -2.18. The number of hydrogen-bond donors (Lipinski definition) is 1. The van der Waals surface area contributed by atoms with E-state index in [1.165, 1.54) is 0 Å². The fourth-order valence-corrected chi connectivity index (χ4v) is 3.74. The number of fused-ring (bicyclic) bond motifs is 1. The van der Waals surface area contributed by atoms with Crippen molar-refractivity contribution in [1.29, 1.82) is 0 Å². The first-order valence-corrected chi connectivity index (χ1v) is 9.84. The van der Waals surface area contributed by atoms with Crippen LogP contribution in [0.2, 0.25) is 0 Å². The summed E-state index contributed by atoms with van der Waals surface area (Å²) in [6.45, 7) is 3.33. The molecule has 2 saturated heterocycles. The summed E-state index contributed by atoms with van der Waals surface area (Å²) in [5.41, 5.74) is 0.927. The normalized spacial score (nSPS) is 22.9. The third-order valence-corrected chi connectivity index (χ3v) is 5.18. The first kappa shape index (κ1) is 18.2. The second-order valence-corrected chi connectivity index (χ2v) is 7.36. The highest BCUT2D eigenvalue weighted by molar-refractivity contribution is 5.51. The van der Waals surface area contributed by atoms with Gasteiger partial charge in [-0.05, 0) is 24.3 Å². The molecule has 2 atom stereocenters. The van der Waals surface area contributed by atoms with Crippen molar-refractivity contribution in [2.45, 2.75) is 24.8 Å². The van der Waals surface area contributed by atoms with Gasteiger partial charge in [0.1, 0.15) is 5.82 Å². The zero-order valence-corrected chi connectivity index (χ0v) is 16.0. The summed E-state index contributed by atoms with van der Waals surface area (Å²) in [5.74, 6) is 1.99. The Balaban J connectivity index is 1.15. The van der Waals surface area contributed by atoms with E-state index >= 15 is 0 Å². The lowest BCUT2D eigenvalue weighted by atomic mass is 10.2. The highest BCUT2D eigenvalue weighted by Gasteiger charge is 2.38. The fourth-order valence-electron chi connectivity index (χ4n) is 3.74. The number of anilines is 1. The number of ether oxygens (including phenoxy) is 2. The van der Waals surface area contributed by atoms with E-state index in [0.29, 0.717) is 31.5 Å². The van der Waals surface area contributed by atoms with E-state index in [-0.39, 0.29) is 18.2 Å². The van der Waals surface area contributed by atoms with Crippen LogP contribution in [0.1, 0.15) is 5.89 Å². The van der Waals surface area contributed by atoms with E-state index in [2.05, 4.69) is 25.4 Å². The van der Waals surface area contributed by atoms with Crippen LogP contribution in [0.15, 0.2) is 59.1 Å². The van der Waals surface area contributed by atoms with E-state index in [1.54, 1.807) is 6.20 Å². The maximum atomic E-state index is 6.13. The standard InChI is InChI=1S/C21H23N5O3/c1-2-6-15(7-3-1)21-25-24-20(29-21)12-26-10-17-18(11-26)28-14-16(13-27-17)23-19-8-4-5-9-22-19/h1-9,16-18H,10-14H2,(H,22,23)/t17-,18-/m0/s1. The van der Waals surface area contributed by atoms with Crippen LogP contribution in [0.3, 0.4) is 0 Å². The molecule has 8 heteroatoms. The zero-order chi connectivity index (χ0) is 19.5. The van der Waals surface area contributed by atoms with Gasteiger partial charge in [0.15, 0.2) is 0 Å². The van der Waals surface area contributed by atoms with E-state index < -0.39 is 0 Å². The van der Waals surface area contributed by atoms with Gasteiger partial charge in [-0.25, -0.2) is 4.98 Å². The quantitative estimate of drug-likeness (QED) is 0.706. The number of hydrogen-bond acceptors (Lipinski definition) is 8. The summed E-state index contributed by atoms with van der Waals surface area (Å²) in [5, 5.41) is 11.7. The predicted molar refractivity (Wildman–Crippen MR) is 106 cm³/mol. The third kappa shape index (κ3) is 4.29. The van der Waals surface area contributed by atoms with E-state index in [0.717, 1.165) is 24.5 Å².